The number of hydrogen-bond acceptors (Lipinski definition) is 3. The molecule has 1 amide bonds. The van der Waals surface area contributed by atoms with Crippen LogP contribution in [0, 0.1) is 5.82 Å². The van der Waals surface area contributed by atoms with Crippen molar-refractivity contribution in [3.8, 4) is 0 Å². The molecule has 3 N–H and O–H groups in total. The van der Waals surface area contributed by atoms with Crippen molar-refractivity contribution in [3.05, 3.63) is 29.6 Å². The highest BCUT2D eigenvalue weighted by Gasteiger charge is 2.07. The average Bonchev–Trinajstić information content (AvgIpc) is 2.31. The maximum Gasteiger partial charge on any atom is 0.251 e. The zero-order valence-electron chi connectivity index (χ0n) is 10.7. The van der Waals surface area contributed by atoms with Gasteiger partial charge in [-0.1, -0.05) is 0 Å². The largest absolute Gasteiger partial charge is 0.396 e. The number of carbonyl (C=O) groups excluding carboxylic acids is 1. The highest BCUT2D eigenvalue weighted by Crippen LogP contribution is 2.11. The highest BCUT2D eigenvalue weighted by atomic mass is 19.1. The lowest BCUT2D eigenvalue weighted by atomic mass is 10.2. The number of hydrogen-bond donors (Lipinski definition) is 2. The van der Waals surface area contributed by atoms with Crippen LogP contribution in [0.5, 0.6) is 0 Å². The van der Waals surface area contributed by atoms with E-state index in [9.17, 15) is 9.18 Å². The Morgan fingerprint density at radius 3 is 2.83 bits per heavy atom. The molecule has 18 heavy (non-hydrogen) atoms. The Bertz CT molecular complexity index is 408. The SMILES string of the molecule is CC(C)OCCCNC(=O)c1ccc(F)c(N)c1. The summed E-state index contributed by atoms with van der Waals surface area (Å²) in [5.41, 5.74) is 5.73. The second-order valence-corrected chi connectivity index (χ2v) is 4.27. The van der Waals surface area contributed by atoms with E-state index in [2.05, 4.69) is 5.32 Å². The standard InChI is InChI=1S/C13H19FN2O2/c1-9(2)18-7-3-6-16-13(17)10-4-5-11(14)12(15)8-10/h4-5,8-9H,3,6-7,15H2,1-2H3,(H,16,17). The second kappa shape index (κ2) is 6.96. The van der Waals surface area contributed by atoms with E-state index in [1.807, 2.05) is 13.8 Å². The molecule has 0 bridgehead atoms. The van der Waals surface area contributed by atoms with Gasteiger partial charge in [-0.15, -0.1) is 0 Å². The number of nitrogens with one attached hydrogen (secondary N) is 1. The number of nitrogen functional groups attached to an aromatic ring is 1. The van der Waals surface area contributed by atoms with Gasteiger partial charge in [0.25, 0.3) is 5.91 Å². The molecule has 0 atom stereocenters. The summed E-state index contributed by atoms with van der Waals surface area (Å²) in [7, 11) is 0. The lowest BCUT2D eigenvalue weighted by molar-refractivity contribution is 0.0757. The fourth-order valence-corrected chi connectivity index (χ4v) is 1.38. The van der Waals surface area contributed by atoms with Crippen LogP contribution in [0.1, 0.15) is 30.6 Å². The first-order valence-corrected chi connectivity index (χ1v) is 5.95. The zero-order valence-corrected chi connectivity index (χ0v) is 10.7. The minimum atomic E-state index is -0.517. The van der Waals surface area contributed by atoms with E-state index in [4.69, 9.17) is 10.5 Å². The Kier molecular flexibility index (Phi) is 5.58. The van der Waals surface area contributed by atoms with E-state index in [0.717, 1.165) is 6.42 Å². The third-order valence-corrected chi connectivity index (χ3v) is 2.32. The first kappa shape index (κ1) is 14.4. The Balaban J connectivity index is 2.34. The van der Waals surface area contributed by atoms with Crippen molar-refractivity contribution in [2.45, 2.75) is 26.4 Å². The van der Waals surface area contributed by atoms with E-state index in [-0.39, 0.29) is 17.7 Å². The predicted octanol–water partition coefficient (Wildman–Crippen LogP) is 1.95. The number of nitrogens with two attached hydrogens (primary N) is 1. The van der Waals surface area contributed by atoms with Crippen LogP contribution in [0.2, 0.25) is 0 Å². The first-order valence-electron chi connectivity index (χ1n) is 5.95. The molecule has 100 valence electrons. The number of benzene rings is 1. The lowest BCUT2D eigenvalue weighted by Crippen LogP contribution is -2.25. The molecule has 4 nitrogen and oxygen atoms in total. The number of anilines is 1. The van der Waals surface area contributed by atoms with Gasteiger partial charge in [-0.2, -0.15) is 0 Å². The van der Waals surface area contributed by atoms with E-state index in [1.165, 1.54) is 18.2 Å². The first-order chi connectivity index (χ1) is 8.50. The van der Waals surface area contributed by atoms with Gasteiger partial charge in [-0.25, -0.2) is 4.39 Å². The van der Waals surface area contributed by atoms with Crippen molar-refractivity contribution < 1.29 is 13.9 Å². The van der Waals surface area contributed by atoms with Gasteiger partial charge in [0, 0.05) is 18.7 Å². The maximum absolute atomic E-state index is 12.9. The van der Waals surface area contributed by atoms with Crippen molar-refractivity contribution in [2.75, 3.05) is 18.9 Å². The monoisotopic (exact) mass is 254 g/mol. The Hall–Kier alpha value is -1.62. The average molecular weight is 254 g/mol. The van der Waals surface area contributed by atoms with Crippen LogP contribution < -0.4 is 11.1 Å². The van der Waals surface area contributed by atoms with Gasteiger partial charge in [0.05, 0.1) is 11.8 Å². The topological polar surface area (TPSA) is 64.3 Å². The minimum Gasteiger partial charge on any atom is -0.396 e. The highest BCUT2D eigenvalue weighted by molar-refractivity contribution is 5.94. The summed E-state index contributed by atoms with van der Waals surface area (Å²) < 4.78 is 18.3. The van der Waals surface area contributed by atoms with Gasteiger partial charge in [-0.05, 0) is 38.5 Å². The van der Waals surface area contributed by atoms with E-state index in [0.29, 0.717) is 18.7 Å². The van der Waals surface area contributed by atoms with Gasteiger partial charge in [-0.3, -0.25) is 4.79 Å². The summed E-state index contributed by atoms with van der Waals surface area (Å²) in [4.78, 5) is 11.7. The number of halogens is 1. The number of rotatable bonds is 6. The van der Waals surface area contributed by atoms with Gasteiger partial charge < -0.3 is 15.8 Å². The van der Waals surface area contributed by atoms with Crippen LogP contribution >= 0.6 is 0 Å². The molecule has 5 heteroatoms. The Labute approximate surface area is 106 Å². The van der Waals surface area contributed by atoms with E-state index in [1.54, 1.807) is 0 Å². The molecule has 1 aromatic rings. The second-order valence-electron chi connectivity index (χ2n) is 4.27. The summed E-state index contributed by atoms with van der Waals surface area (Å²) in [5, 5.41) is 2.72. The number of amides is 1. The van der Waals surface area contributed by atoms with Gasteiger partial charge in [0.15, 0.2) is 0 Å². The molecule has 0 aliphatic heterocycles. The van der Waals surface area contributed by atoms with Gasteiger partial charge in [0.2, 0.25) is 0 Å². The van der Waals surface area contributed by atoms with Crippen molar-refractivity contribution in [1.82, 2.24) is 5.32 Å². The third kappa shape index (κ3) is 4.71. The van der Waals surface area contributed by atoms with Crippen molar-refractivity contribution in [3.63, 3.8) is 0 Å². The molecule has 0 saturated heterocycles. The molecule has 0 aliphatic carbocycles. The van der Waals surface area contributed by atoms with Crippen LogP contribution in [0.4, 0.5) is 10.1 Å². The minimum absolute atomic E-state index is 0.0224. The fraction of sp³-hybridized carbons (Fsp3) is 0.462. The zero-order chi connectivity index (χ0) is 13.5. The normalized spacial score (nSPS) is 10.7. The molecule has 1 rings (SSSR count). The molecule has 0 aromatic heterocycles. The molecule has 0 aliphatic rings. The number of carbonyl (C=O) groups is 1. The van der Waals surface area contributed by atoms with E-state index < -0.39 is 5.82 Å². The van der Waals surface area contributed by atoms with Crippen LogP contribution in [0.25, 0.3) is 0 Å². The molecule has 0 unspecified atom stereocenters. The third-order valence-electron chi connectivity index (χ3n) is 2.32. The van der Waals surface area contributed by atoms with Crippen LogP contribution in [-0.2, 0) is 4.74 Å². The number of ether oxygens (including phenoxy) is 1. The summed E-state index contributed by atoms with van der Waals surface area (Å²) in [6.45, 7) is 5.03. The summed E-state index contributed by atoms with van der Waals surface area (Å²) in [6.07, 6.45) is 0.929. The lowest BCUT2D eigenvalue weighted by Gasteiger charge is -2.08. The van der Waals surface area contributed by atoms with Crippen molar-refractivity contribution in [2.24, 2.45) is 0 Å². The molecule has 0 spiro atoms. The summed E-state index contributed by atoms with van der Waals surface area (Å²) >= 11 is 0. The van der Waals surface area contributed by atoms with E-state index >= 15 is 0 Å². The maximum atomic E-state index is 12.9. The molecular weight excluding hydrogens is 235 g/mol. The fourth-order valence-electron chi connectivity index (χ4n) is 1.38. The molecule has 0 heterocycles. The van der Waals surface area contributed by atoms with Gasteiger partial charge >= 0.3 is 0 Å². The summed E-state index contributed by atoms with van der Waals surface area (Å²) in [6, 6.07) is 3.92. The smallest absolute Gasteiger partial charge is 0.251 e. The summed E-state index contributed by atoms with van der Waals surface area (Å²) in [5.74, 6) is -0.775. The predicted molar refractivity (Wildman–Crippen MR) is 68.9 cm³/mol. The van der Waals surface area contributed by atoms with Gasteiger partial charge in [0.1, 0.15) is 5.82 Å². The Morgan fingerprint density at radius 2 is 2.22 bits per heavy atom. The van der Waals surface area contributed by atoms with Crippen LogP contribution in [0.3, 0.4) is 0 Å². The molecular formula is C13H19FN2O2. The van der Waals surface area contributed by atoms with Crippen molar-refractivity contribution >= 4 is 11.6 Å². The molecule has 0 saturated carbocycles. The van der Waals surface area contributed by atoms with Crippen LogP contribution in [0.15, 0.2) is 18.2 Å². The molecule has 0 fully saturated rings. The van der Waals surface area contributed by atoms with Crippen LogP contribution in [-0.4, -0.2) is 25.2 Å². The Morgan fingerprint density at radius 1 is 1.50 bits per heavy atom. The molecule has 0 radical (unpaired) electrons. The quantitative estimate of drug-likeness (QED) is 0.602. The van der Waals surface area contributed by atoms with Crippen molar-refractivity contribution in [1.29, 1.82) is 0 Å². The molecule has 1 aromatic carbocycles.